The number of likely N-dealkylation sites (tertiary alicyclic amines) is 1. The fraction of sp³-hybridized carbons (Fsp3) is 0.625. The molecule has 3 nitrogen and oxygen atoms in total. The molecule has 2 rings (SSSR count). The van der Waals surface area contributed by atoms with Crippen LogP contribution in [-0.4, -0.2) is 37.7 Å². The molecule has 1 atom stereocenters. The second kappa shape index (κ2) is 7.71. The van der Waals surface area contributed by atoms with Gasteiger partial charge in [0.05, 0.1) is 0 Å². The van der Waals surface area contributed by atoms with Crippen LogP contribution in [0.25, 0.3) is 0 Å². The number of rotatable bonds is 6. The summed E-state index contributed by atoms with van der Waals surface area (Å²) in [5.74, 6) is 0.278. The third-order valence-electron chi connectivity index (χ3n) is 4.07. The third-order valence-corrected chi connectivity index (χ3v) is 4.07. The van der Waals surface area contributed by atoms with Gasteiger partial charge in [0.25, 0.3) is 0 Å². The molecule has 1 N–H and O–H groups in total. The Bertz CT molecular complexity index is 434. The van der Waals surface area contributed by atoms with Crippen LogP contribution < -0.4 is 10.1 Å². The average Bonchev–Trinajstić information content (AvgIpc) is 2.47. The van der Waals surface area contributed by atoms with Crippen molar-refractivity contribution >= 4 is 0 Å². The molecule has 0 aromatic heterocycles. The van der Waals surface area contributed by atoms with Crippen LogP contribution in [0, 0.1) is 0 Å². The SMILES string of the molecule is CC[C@H](NC1CCN(C)CC1)c1ccccc1OC(F)F. The quantitative estimate of drug-likeness (QED) is 0.871. The molecule has 1 aromatic rings. The zero-order chi connectivity index (χ0) is 15.2. The minimum absolute atomic E-state index is 0.0494. The summed E-state index contributed by atoms with van der Waals surface area (Å²) in [6.45, 7) is 1.42. The molecular formula is C16H24F2N2O. The van der Waals surface area contributed by atoms with Crippen LogP contribution in [-0.2, 0) is 0 Å². The summed E-state index contributed by atoms with van der Waals surface area (Å²) in [7, 11) is 2.12. The Morgan fingerprint density at radius 3 is 2.57 bits per heavy atom. The maximum atomic E-state index is 12.5. The normalized spacial score (nSPS) is 18.9. The van der Waals surface area contributed by atoms with E-state index in [-0.39, 0.29) is 11.8 Å². The van der Waals surface area contributed by atoms with Crippen LogP contribution in [0.3, 0.4) is 0 Å². The van der Waals surface area contributed by atoms with Gasteiger partial charge in [0, 0.05) is 17.6 Å². The molecule has 1 fully saturated rings. The first-order valence-electron chi connectivity index (χ1n) is 7.58. The zero-order valence-electron chi connectivity index (χ0n) is 12.7. The van der Waals surface area contributed by atoms with Crippen LogP contribution in [0.4, 0.5) is 8.78 Å². The van der Waals surface area contributed by atoms with Gasteiger partial charge in [-0.3, -0.25) is 0 Å². The Morgan fingerprint density at radius 1 is 1.29 bits per heavy atom. The number of benzene rings is 1. The molecule has 1 aromatic carbocycles. The standard InChI is InChI=1S/C16H24F2N2O/c1-3-14(19-12-8-10-20(2)11-9-12)13-6-4-5-7-15(13)21-16(17)18/h4-7,12,14,16,19H,3,8-11H2,1-2H3/t14-/m0/s1. The number of hydrogen-bond acceptors (Lipinski definition) is 3. The first-order valence-corrected chi connectivity index (χ1v) is 7.58. The number of hydrogen-bond donors (Lipinski definition) is 1. The predicted molar refractivity (Wildman–Crippen MR) is 79.8 cm³/mol. The number of nitrogens with zero attached hydrogens (tertiary/aromatic N) is 1. The van der Waals surface area contributed by atoms with Gasteiger partial charge >= 0.3 is 6.61 Å². The molecule has 0 bridgehead atoms. The molecule has 1 aliphatic rings. The second-order valence-corrected chi connectivity index (χ2v) is 5.62. The van der Waals surface area contributed by atoms with Gasteiger partial charge in [-0.05, 0) is 45.5 Å². The summed E-state index contributed by atoms with van der Waals surface area (Å²) in [4.78, 5) is 2.31. The molecule has 0 radical (unpaired) electrons. The van der Waals surface area contributed by atoms with Crippen LogP contribution >= 0.6 is 0 Å². The minimum Gasteiger partial charge on any atom is -0.434 e. The molecule has 0 amide bonds. The summed E-state index contributed by atoms with van der Waals surface area (Å²) in [5, 5.41) is 3.60. The first-order chi connectivity index (χ1) is 10.1. The highest BCUT2D eigenvalue weighted by Gasteiger charge is 2.22. The summed E-state index contributed by atoms with van der Waals surface area (Å²) in [6.07, 6.45) is 3.02. The van der Waals surface area contributed by atoms with Crippen molar-refractivity contribution in [2.24, 2.45) is 0 Å². The van der Waals surface area contributed by atoms with E-state index in [2.05, 4.69) is 28.9 Å². The highest BCUT2D eigenvalue weighted by atomic mass is 19.3. The van der Waals surface area contributed by atoms with E-state index in [4.69, 9.17) is 0 Å². The van der Waals surface area contributed by atoms with E-state index >= 15 is 0 Å². The summed E-state index contributed by atoms with van der Waals surface area (Å²) in [5.41, 5.74) is 0.819. The van der Waals surface area contributed by atoms with E-state index in [1.807, 2.05) is 12.1 Å². The molecule has 1 saturated heterocycles. The Morgan fingerprint density at radius 2 is 1.95 bits per heavy atom. The number of nitrogens with one attached hydrogen (secondary N) is 1. The largest absolute Gasteiger partial charge is 0.434 e. The number of piperidine rings is 1. The first kappa shape index (κ1) is 16.2. The van der Waals surface area contributed by atoms with Crippen molar-refractivity contribution in [1.29, 1.82) is 0 Å². The fourth-order valence-electron chi connectivity index (χ4n) is 2.86. The van der Waals surface area contributed by atoms with Crippen molar-refractivity contribution in [3.05, 3.63) is 29.8 Å². The number of ether oxygens (including phenoxy) is 1. The van der Waals surface area contributed by atoms with E-state index < -0.39 is 6.61 Å². The Kier molecular flexibility index (Phi) is 5.94. The van der Waals surface area contributed by atoms with Crippen molar-refractivity contribution in [2.45, 2.75) is 44.9 Å². The monoisotopic (exact) mass is 298 g/mol. The Labute approximate surface area is 125 Å². The number of halogens is 2. The van der Waals surface area contributed by atoms with Crippen molar-refractivity contribution in [3.63, 3.8) is 0 Å². The topological polar surface area (TPSA) is 24.5 Å². The summed E-state index contributed by atoms with van der Waals surface area (Å²) >= 11 is 0. The number of alkyl halides is 2. The molecule has 1 aliphatic heterocycles. The van der Waals surface area contributed by atoms with Crippen LogP contribution in [0.2, 0.25) is 0 Å². The molecule has 0 unspecified atom stereocenters. The van der Waals surface area contributed by atoms with Crippen molar-refractivity contribution in [3.8, 4) is 5.75 Å². The van der Waals surface area contributed by atoms with Gasteiger partial charge in [0.15, 0.2) is 0 Å². The summed E-state index contributed by atoms with van der Waals surface area (Å²) in [6, 6.07) is 7.56. The van der Waals surface area contributed by atoms with Crippen molar-refractivity contribution in [2.75, 3.05) is 20.1 Å². The van der Waals surface area contributed by atoms with Gasteiger partial charge in [-0.25, -0.2) is 0 Å². The van der Waals surface area contributed by atoms with E-state index in [1.54, 1.807) is 12.1 Å². The lowest BCUT2D eigenvalue weighted by Crippen LogP contribution is -2.42. The lowest BCUT2D eigenvalue weighted by Gasteiger charge is -2.33. The van der Waals surface area contributed by atoms with Gasteiger partial charge < -0.3 is 15.0 Å². The van der Waals surface area contributed by atoms with Crippen LogP contribution in [0.5, 0.6) is 5.75 Å². The molecule has 118 valence electrons. The fourth-order valence-corrected chi connectivity index (χ4v) is 2.86. The van der Waals surface area contributed by atoms with Gasteiger partial charge in [0.2, 0.25) is 0 Å². The molecule has 0 aliphatic carbocycles. The van der Waals surface area contributed by atoms with Crippen LogP contribution in [0.1, 0.15) is 37.8 Å². The Hall–Kier alpha value is -1.20. The van der Waals surface area contributed by atoms with Gasteiger partial charge in [-0.15, -0.1) is 0 Å². The van der Waals surface area contributed by atoms with Gasteiger partial charge in [-0.1, -0.05) is 25.1 Å². The van der Waals surface area contributed by atoms with Crippen molar-refractivity contribution < 1.29 is 13.5 Å². The highest BCUT2D eigenvalue weighted by Crippen LogP contribution is 2.29. The van der Waals surface area contributed by atoms with E-state index in [9.17, 15) is 8.78 Å². The van der Waals surface area contributed by atoms with E-state index in [1.165, 1.54) is 0 Å². The van der Waals surface area contributed by atoms with E-state index in [0.29, 0.717) is 6.04 Å². The zero-order valence-corrected chi connectivity index (χ0v) is 12.7. The van der Waals surface area contributed by atoms with Crippen molar-refractivity contribution in [1.82, 2.24) is 10.2 Å². The lowest BCUT2D eigenvalue weighted by atomic mass is 9.99. The molecule has 5 heteroatoms. The Balaban J connectivity index is 2.06. The molecule has 0 spiro atoms. The molecule has 1 heterocycles. The highest BCUT2D eigenvalue weighted by molar-refractivity contribution is 5.36. The van der Waals surface area contributed by atoms with E-state index in [0.717, 1.165) is 37.9 Å². The lowest BCUT2D eigenvalue weighted by molar-refractivity contribution is -0.0507. The average molecular weight is 298 g/mol. The van der Waals surface area contributed by atoms with Gasteiger partial charge in [-0.2, -0.15) is 8.78 Å². The summed E-state index contributed by atoms with van der Waals surface area (Å²) < 4.78 is 29.7. The molecular weight excluding hydrogens is 274 g/mol. The number of para-hydroxylation sites is 1. The molecule has 0 saturated carbocycles. The van der Waals surface area contributed by atoms with Gasteiger partial charge in [0.1, 0.15) is 5.75 Å². The maximum Gasteiger partial charge on any atom is 0.387 e. The smallest absolute Gasteiger partial charge is 0.387 e. The maximum absolute atomic E-state index is 12.5. The van der Waals surface area contributed by atoms with Crippen LogP contribution in [0.15, 0.2) is 24.3 Å². The minimum atomic E-state index is -2.79. The third kappa shape index (κ3) is 4.64. The second-order valence-electron chi connectivity index (χ2n) is 5.62. The molecule has 21 heavy (non-hydrogen) atoms. The predicted octanol–water partition coefficient (Wildman–Crippen LogP) is 3.42.